The number of H-pyrrole nitrogens is 1. The number of ether oxygens (including phenoxy) is 1. The molecule has 0 aromatic carbocycles. The van der Waals surface area contributed by atoms with Gasteiger partial charge in [-0.25, -0.2) is 8.42 Å². The number of nitrogens with one attached hydrogen (secondary N) is 1. The number of thiophene rings is 1. The Kier molecular flexibility index (Phi) is 5.11. The van der Waals surface area contributed by atoms with Gasteiger partial charge in [-0.15, -0.1) is 11.3 Å². The summed E-state index contributed by atoms with van der Waals surface area (Å²) in [5.41, 5.74) is 1.54. The van der Waals surface area contributed by atoms with Crippen molar-refractivity contribution in [3.05, 3.63) is 39.8 Å². The monoisotopic (exact) mass is 409 g/mol. The highest BCUT2D eigenvalue weighted by Crippen LogP contribution is 2.36. The molecule has 1 atom stereocenters. The third-order valence-corrected chi connectivity index (χ3v) is 8.11. The highest BCUT2D eigenvalue weighted by molar-refractivity contribution is 7.89. The molecule has 1 amide bonds. The van der Waals surface area contributed by atoms with Crippen LogP contribution in [0.3, 0.4) is 0 Å². The minimum atomic E-state index is -3.61. The van der Waals surface area contributed by atoms with Gasteiger partial charge in [0.15, 0.2) is 0 Å². The largest absolute Gasteiger partial charge is 0.379 e. The molecular formula is C18H23N3O4S2. The number of amides is 1. The highest BCUT2D eigenvalue weighted by Gasteiger charge is 2.33. The van der Waals surface area contributed by atoms with E-state index in [1.54, 1.807) is 11.3 Å². The lowest BCUT2D eigenvalue weighted by atomic mass is 9.97. The molecule has 4 heterocycles. The van der Waals surface area contributed by atoms with E-state index < -0.39 is 10.0 Å². The number of fused-ring (bicyclic) bond motifs is 1. The lowest BCUT2D eigenvalue weighted by molar-refractivity contribution is 0.0652. The molecule has 0 radical (unpaired) electrons. The van der Waals surface area contributed by atoms with Gasteiger partial charge in [0.05, 0.1) is 19.3 Å². The summed E-state index contributed by atoms with van der Waals surface area (Å²) in [5.74, 6) is -0.151. The van der Waals surface area contributed by atoms with Gasteiger partial charge in [-0.3, -0.25) is 4.79 Å². The first-order valence-corrected chi connectivity index (χ1v) is 11.5. The number of hydrogen-bond donors (Lipinski definition) is 1. The number of hydrogen-bond acceptors (Lipinski definition) is 5. The second-order valence-electron chi connectivity index (χ2n) is 6.74. The van der Waals surface area contributed by atoms with Gasteiger partial charge in [-0.05, 0) is 35.9 Å². The summed E-state index contributed by atoms with van der Waals surface area (Å²) >= 11 is 1.74. The van der Waals surface area contributed by atoms with Crippen molar-refractivity contribution in [1.82, 2.24) is 14.2 Å². The lowest BCUT2D eigenvalue weighted by Crippen LogP contribution is -2.40. The van der Waals surface area contributed by atoms with Crippen molar-refractivity contribution in [3.63, 3.8) is 0 Å². The van der Waals surface area contributed by atoms with Crippen molar-refractivity contribution >= 4 is 27.3 Å². The smallest absolute Gasteiger partial charge is 0.270 e. The maximum atomic E-state index is 13.1. The molecule has 1 fully saturated rings. The Balaban J connectivity index is 1.57. The van der Waals surface area contributed by atoms with E-state index in [1.165, 1.54) is 27.0 Å². The fourth-order valence-electron chi connectivity index (χ4n) is 3.82. The van der Waals surface area contributed by atoms with Gasteiger partial charge in [0.1, 0.15) is 10.6 Å². The first-order valence-electron chi connectivity index (χ1n) is 9.16. The van der Waals surface area contributed by atoms with E-state index in [1.807, 2.05) is 4.90 Å². The molecule has 2 aliphatic heterocycles. The molecule has 0 unspecified atom stereocenters. The van der Waals surface area contributed by atoms with Gasteiger partial charge >= 0.3 is 0 Å². The molecule has 9 heteroatoms. The standard InChI is InChI=1S/C18H23N3O4S2/c1-2-16-14-4-10-26-17(14)3-5-21(16)18(22)15-11-13(12-19-15)27(23,24)20-6-8-25-9-7-20/h4,10-12,16,19H,2-3,5-9H2,1H3/t16-/m1/s1. The van der Waals surface area contributed by atoms with Gasteiger partial charge in [0, 0.05) is 30.7 Å². The summed E-state index contributed by atoms with van der Waals surface area (Å²) in [5, 5.41) is 2.07. The summed E-state index contributed by atoms with van der Waals surface area (Å²) < 4.78 is 32.2. The Bertz CT molecular complexity index is 928. The Hall–Kier alpha value is -1.68. The SMILES string of the molecule is CC[C@@H]1c2ccsc2CCN1C(=O)c1cc(S(=O)(=O)N2CCOCC2)c[nH]1. The predicted octanol–water partition coefficient (Wildman–Crippen LogP) is 2.25. The Morgan fingerprint density at radius 1 is 1.33 bits per heavy atom. The molecule has 1 saturated heterocycles. The van der Waals surface area contributed by atoms with Crippen molar-refractivity contribution < 1.29 is 17.9 Å². The van der Waals surface area contributed by atoms with E-state index in [4.69, 9.17) is 4.74 Å². The minimum absolute atomic E-state index is 0.0371. The highest BCUT2D eigenvalue weighted by atomic mass is 32.2. The molecule has 4 rings (SSSR count). The fraction of sp³-hybridized carbons (Fsp3) is 0.500. The number of nitrogens with zero attached hydrogens (tertiary/aromatic N) is 2. The van der Waals surface area contributed by atoms with Crippen molar-refractivity contribution in [1.29, 1.82) is 0 Å². The van der Waals surface area contributed by atoms with Gasteiger partial charge < -0.3 is 14.6 Å². The summed E-state index contributed by atoms with van der Waals surface area (Å²) in [4.78, 5) is 19.3. The number of aromatic nitrogens is 1. The molecule has 1 N–H and O–H groups in total. The second-order valence-corrected chi connectivity index (χ2v) is 9.68. The van der Waals surface area contributed by atoms with Crippen LogP contribution in [0, 0.1) is 0 Å². The normalized spacial score (nSPS) is 21.2. The zero-order chi connectivity index (χ0) is 19.0. The van der Waals surface area contributed by atoms with Gasteiger partial charge in [0.2, 0.25) is 10.0 Å². The van der Waals surface area contributed by atoms with Crippen LogP contribution in [0.4, 0.5) is 0 Å². The van der Waals surface area contributed by atoms with Crippen LogP contribution < -0.4 is 0 Å². The molecule has 2 aliphatic rings. The molecule has 0 spiro atoms. The van der Waals surface area contributed by atoms with E-state index in [0.717, 1.165) is 12.8 Å². The van der Waals surface area contributed by atoms with Crippen molar-refractivity contribution in [2.45, 2.75) is 30.7 Å². The molecule has 2 aromatic heterocycles. The van der Waals surface area contributed by atoms with Crippen LogP contribution in [-0.4, -0.2) is 61.4 Å². The van der Waals surface area contributed by atoms with E-state index >= 15 is 0 Å². The topological polar surface area (TPSA) is 82.7 Å². The number of sulfonamides is 1. The molecule has 0 saturated carbocycles. The average Bonchev–Trinajstić information content (AvgIpc) is 3.37. The Morgan fingerprint density at radius 2 is 2.11 bits per heavy atom. The van der Waals surface area contributed by atoms with Gasteiger partial charge in [-0.1, -0.05) is 6.92 Å². The summed E-state index contributed by atoms with van der Waals surface area (Å²) in [7, 11) is -3.61. The molecule has 27 heavy (non-hydrogen) atoms. The average molecular weight is 410 g/mol. The molecule has 7 nitrogen and oxygen atoms in total. The molecule has 0 aliphatic carbocycles. The van der Waals surface area contributed by atoms with Gasteiger partial charge in [-0.2, -0.15) is 4.31 Å². The molecule has 0 bridgehead atoms. The molecule has 2 aromatic rings. The van der Waals surface area contributed by atoms with E-state index in [2.05, 4.69) is 23.4 Å². The van der Waals surface area contributed by atoms with E-state index in [9.17, 15) is 13.2 Å². The van der Waals surface area contributed by atoms with Crippen LogP contribution in [0.2, 0.25) is 0 Å². The zero-order valence-electron chi connectivity index (χ0n) is 15.2. The van der Waals surface area contributed by atoms with Crippen LogP contribution in [0.15, 0.2) is 28.6 Å². The lowest BCUT2D eigenvalue weighted by Gasteiger charge is -2.35. The van der Waals surface area contributed by atoms with Crippen molar-refractivity contribution in [3.8, 4) is 0 Å². The van der Waals surface area contributed by atoms with Crippen LogP contribution >= 0.6 is 11.3 Å². The first kappa shape index (κ1) is 18.7. The predicted molar refractivity (Wildman–Crippen MR) is 102 cm³/mol. The van der Waals surface area contributed by atoms with Crippen LogP contribution in [0.25, 0.3) is 0 Å². The van der Waals surface area contributed by atoms with E-state index in [-0.39, 0.29) is 16.8 Å². The summed E-state index contributed by atoms with van der Waals surface area (Å²) in [6.07, 6.45) is 3.09. The number of carbonyl (C=O) groups is 1. The molecular weight excluding hydrogens is 386 g/mol. The number of rotatable bonds is 4. The molecule has 146 valence electrons. The van der Waals surface area contributed by atoms with Crippen LogP contribution in [0.5, 0.6) is 0 Å². The Morgan fingerprint density at radius 3 is 2.85 bits per heavy atom. The maximum absolute atomic E-state index is 13.1. The van der Waals surface area contributed by atoms with Crippen LogP contribution in [-0.2, 0) is 21.2 Å². The van der Waals surface area contributed by atoms with E-state index in [0.29, 0.717) is 38.5 Å². The third kappa shape index (κ3) is 3.33. The summed E-state index contributed by atoms with van der Waals surface area (Å²) in [6.45, 7) is 4.18. The quantitative estimate of drug-likeness (QED) is 0.840. The fourth-order valence-corrected chi connectivity index (χ4v) is 6.15. The van der Waals surface area contributed by atoms with Crippen molar-refractivity contribution in [2.75, 3.05) is 32.8 Å². The third-order valence-electron chi connectivity index (χ3n) is 5.24. The second kappa shape index (κ2) is 7.38. The number of aromatic amines is 1. The number of morpholine rings is 1. The Labute approximate surface area is 163 Å². The first-order chi connectivity index (χ1) is 13.0. The summed E-state index contributed by atoms with van der Waals surface area (Å²) in [6, 6.07) is 3.59. The van der Waals surface area contributed by atoms with Crippen LogP contribution in [0.1, 0.15) is 40.3 Å². The van der Waals surface area contributed by atoms with Crippen molar-refractivity contribution in [2.24, 2.45) is 0 Å². The maximum Gasteiger partial charge on any atom is 0.270 e. The van der Waals surface area contributed by atoms with Gasteiger partial charge in [0.25, 0.3) is 5.91 Å². The zero-order valence-corrected chi connectivity index (χ0v) is 16.8. The number of carbonyl (C=O) groups excluding carboxylic acids is 1. The minimum Gasteiger partial charge on any atom is -0.379 e.